The highest BCUT2D eigenvalue weighted by Gasteiger charge is 2.12. The van der Waals surface area contributed by atoms with Crippen LogP contribution in [0.2, 0.25) is 0 Å². The van der Waals surface area contributed by atoms with E-state index in [1.807, 2.05) is 18.2 Å². The van der Waals surface area contributed by atoms with Gasteiger partial charge in [-0.25, -0.2) is 14.5 Å². The molecule has 0 aliphatic rings. The Morgan fingerprint density at radius 1 is 1.21 bits per heavy atom. The topological polar surface area (TPSA) is 72.2 Å². The molecule has 0 saturated carbocycles. The van der Waals surface area contributed by atoms with E-state index in [0.29, 0.717) is 16.0 Å². The summed E-state index contributed by atoms with van der Waals surface area (Å²) in [5, 5.41) is 6.78. The fourth-order valence-corrected chi connectivity index (χ4v) is 1.87. The molecule has 0 spiro atoms. The Bertz CT molecular complexity index is 737. The van der Waals surface area contributed by atoms with Crippen LogP contribution in [0.3, 0.4) is 0 Å². The predicted molar refractivity (Wildman–Crippen MR) is 72.9 cm³/mol. The molecule has 0 aromatic carbocycles. The van der Waals surface area contributed by atoms with Gasteiger partial charge in [0.1, 0.15) is 4.60 Å². The number of nitrogens with one attached hydrogen (secondary N) is 1. The number of hydrogen-bond donors (Lipinski definition) is 1. The molecule has 3 aromatic heterocycles. The quantitative estimate of drug-likeness (QED) is 0.786. The standard InChI is InChI=1S/C12H8BrN5O/c13-10-6-15-11(7-14-10)17-12(19)8-5-16-18-4-2-1-3-9(8)18/h1-7H,(H,15,17,19). The molecule has 0 bridgehead atoms. The van der Waals surface area contributed by atoms with Crippen molar-refractivity contribution < 1.29 is 4.79 Å². The van der Waals surface area contributed by atoms with Gasteiger partial charge in [-0.05, 0) is 28.1 Å². The molecule has 0 unspecified atom stereocenters. The Morgan fingerprint density at radius 2 is 2.11 bits per heavy atom. The summed E-state index contributed by atoms with van der Waals surface area (Å²) in [6.45, 7) is 0. The summed E-state index contributed by atoms with van der Waals surface area (Å²) in [7, 11) is 0. The zero-order valence-corrected chi connectivity index (χ0v) is 11.2. The van der Waals surface area contributed by atoms with Crippen molar-refractivity contribution in [3.8, 4) is 0 Å². The van der Waals surface area contributed by atoms with Crippen molar-refractivity contribution in [3.05, 3.63) is 53.2 Å². The van der Waals surface area contributed by atoms with Gasteiger partial charge in [-0.1, -0.05) is 6.07 Å². The second kappa shape index (κ2) is 4.77. The summed E-state index contributed by atoms with van der Waals surface area (Å²) in [6, 6.07) is 5.53. The molecule has 3 rings (SSSR count). The summed E-state index contributed by atoms with van der Waals surface area (Å²) in [5.41, 5.74) is 1.23. The zero-order chi connectivity index (χ0) is 13.2. The molecule has 1 N–H and O–H groups in total. The minimum absolute atomic E-state index is 0.266. The molecular formula is C12H8BrN5O. The van der Waals surface area contributed by atoms with E-state index in [1.54, 1.807) is 10.7 Å². The van der Waals surface area contributed by atoms with Crippen molar-refractivity contribution in [2.75, 3.05) is 5.32 Å². The number of carbonyl (C=O) groups excluding carboxylic acids is 1. The fourth-order valence-electron chi connectivity index (χ4n) is 1.67. The van der Waals surface area contributed by atoms with Crippen LogP contribution in [0.15, 0.2) is 47.6 Å². The maximum Gasteiger partial charge on any atom is 0.260 e. The average molecular weight is 318 g/mol. The molecule has 94 valence electrons. The molecule has 3 aromatic rings. The lowest BCUT2D eigenvalue weighted by Gasteiger charge is -2.02. The largest absolute Gasteiger partial charge is 0.305 e. The minimum atomic E-state index is -0.266. The molecule has 0 atom stereocenters. The maximum atomic E-state index is 12.1. The van der Waals surface area contributed by atoms with Gasteiger partial charge in [-0.15, -0.1) is 0 Å². The Kier molecular flexibility index (Phi) is 2.96. The molecule has 0 fully saturated rings. The van der Waals surface area contributed by atoms with Gasteiger partial charge in [0.05, 0.1) is 29.7 Å². The lowest BCUT2D eigenvalue weighted by molar-refractivity contribution is 0.102. The normalized spacial score (nSPS) is 10.6. The summed E-state index contributed by atoms with van der Waals surface area (Å²) in [4.78, 5) is 20.2. The molecule has 19 heavy (non-hydrogen) atoms. The van der Waals surface area contributed by atoms with E-state index in [-0.39, 0.29) is 5.91 Å². The lowest BCUT2D eigenvalue weighted by Crippen LogP contribution is -2.12. The molecule has 1 amide bonds. The van der Waals surface area contributed by atoms with E-state index in [0.717, 1.165) is 5.52 Å². The molecule has 7 heteroatoms. The average Bonchev–Trinajstić information content (AvgIpc) is 2.85. The number of carbonyl (C=O) groups is 1. The number of rotatable bonds is 2. The van der Waals surface area contributed by atoms with Gasteiger partial charge in [-0.3, -0.25) is 4.79 Å². The lowest BCUT2D eigenvalue weighted by atomic mass is 10.2. The monoisotopic (exact) mass is 317 g/mol. The first-order chi connectivity index (χ1) is 9.24. The molecule has 0 aliphatic heterocycles. The van der Waals surface area contributed by atoms with Gasteiger partial charge >= 0.3 is 0 Å². The van der Waals surface area contributed by atoms with E-state index in [2.05, 4.69) is 36.3 Å². The van der Waals surface area contributed by atoms with Crippen LogP contribution in [-0.4, -0.2) is 25.5 Å². The van der Waals surface area contributed by atoms with Gasteiger partial charge in [0.25, 0.3) is 5.91 Å². The van der Waals surface area contributed by atoms with Crippen molar-refractivity contribution in [2.45, 2.75) is 0 Å². The van der Waals surface area contributed by atoms with E-state index in [1.165, 1.54) is 18.6 Å². The number of fused-ring (bicyclic) bond motifs is 1. The van der Waals surface area contributed by atoms with Crippen molar-refractivity contribution in [1.82, 2.24) is 19.6 Å². The van der Waals surface area contributed by atoms with Gasteiger partial charge in [-0.2, -0.15) is 5.10 Å². The van der Waals surface area contributed by atoms with Gasteiger partial charge < -0.3 is 5.32 Å². The highest BCUT2D eigenvalue weighted by Crippen LogP contribution is 2.12. The molecule has 6 nitrogen and oxygen atoms in total. The van der Waals surface area contributed by atoms with E-state index >= 15 is 0 Å². The van der Waals surface area contributed by atoms with Crippen LogP contribution in [0, 0.1) is 0 Å². The second-order valence-electron chi connectivity index (χ2n) is 3.77. The van der Waals surface area contributed by atoms with Crippen LogP contribution in [0.1, 0.15) is 10.4 Å². The van der Waals surface area contributed by atoms with E-state index in [4.69, 9.17) is 0 Å². The Labute approximate surface area is 116 Å². The van der Waals surface area contributed by atoms with Crippen LogP contribution in [0.25, 0.3) is 5.52 Å². The number of nitrogens with zero attached hydrogens (tertiary/aromatic N) is 4. The van der Waals surface area contributed by atoms with Crippen LogP contribution >= 0.6 is 15.9 Å². The van der Waals surface area contributed by atoms with Gasteiger partial charge in [0.15, 0.2) is 5.82 Å². The molecular weight excluding hydrogens is 310 g/mol. The highest BCUT2D eigenvalue weighted by atomic mass is 79.9. The number of amides is 1. The van der Waals surface area contributed by atoms with E-state index in [9.17, 15) is 4.79 Å². The summed E-state index contributed by atoms with van der Waals surface area (Å²) in [6.07, 6.45) is 6.31. The first-order valence-corrected chi connectivity index (χ1v) is 6.24. The fraction of sp³-hybridized carbons (Fsp3) is 0. The minimum Gasteiger partial charge on any atom is -0.305 e. The van der Waals surface area contributed by atoms with Crippen LogP contribution in [0.5, 0.6) is 0 Å². The third kappa shape index (κ3) is 2.32. The van der Waals surface area contributed by atoms with Gasteiger partial charge in [0.2, 0.25) is 0 Å². The van der Waals surface area contributed by atoms with Crippen molar-refractivity contribution in [3.63, 3.8) is 0 Å². The van der Waals surface area contributed by atoms with Crippen LogP contribution < -0.4 is 5.32 Å². The second-order valence-corrected chi connectivity index (χ2v) is 4.58. The third-order valence-electron chi connectivity index (χ3n) is 2.53. The highest BCUT2D eigenvalue weighted by molar-refractivity contribution is 9.10. The Morgan fingerprint density at radius 3 is 2.89 bits per heavy atom. The van der Waals surface area contributed by atoms with Crippen molar-refractivity contribution in [1.29, 1.82) is 0 Å². The molecule has 0 aliphatic carbocycles. The number of anilines is 1. The molecule has 0 saturated heterocycles. The first-order valence-electron chi connectivity index (χ1n) is 5.45. The number of halogens is 1. The summed E-state index contributed by atoms with van der Waals surface area (Å²) >= 11 is 3.18. The van der Waals surface area contributed by atoms with Crippen LogP contribution in [0.4, 0.5) is 5.82 Å². The predicted octanol–water partition coefficient (Wildman–Crippen LogP) is 2.14. The maximum absolute atomic E-state index is 12.1. The summed E-state index contributed by atoms with van der Waals surface area (Å²) < 4.78 is 2.25. The number of hydrogen-bond acceptors (Lipinski definition) is 4. The third-order valence-corrected chi connectivity index (χ3v) is 2.94. The van der Waals surface area contributed by atoms with E-state index < -0.39 is 0 Å². The molecule has 0 radical (unpaired) electrons. The Balaban J connectivity index is 1.90. The zero-order valence-electron chi connectivity index (χ0n) is 9.62. The SMILES string of the molecule is O=C(Nc1cnc(Br)cn1)c1cnn2ccccc12. The summed E-state index contributed by atoms with van der Waals surface area (Å²) in [5.74, 6) is 0.126. The number of aromatic nitrogens is 4. The van der Waals surface area contributed by atoms with Crippen LogP contribution in [-0.2, 0) is 0 Å². The smallest absolute Gasteiger partial charge is 0.260 e. The molecule has 3 heterocycles. The number of pyridine rings is 1. The first kappa shape index (κ1) is 11.8. The Hall–Kier alpha value is -2.28. The van der Waals surface area contributed by atoms with Crippen molar-refractivity contribution in [2.24, 2.45) is 0 Å². The van der Waals surface area contributed by atoms with Gasteiger partial charge in [0, 0.05) is 6.20 Å². The van der Waals surface area contributed by atoms with Crippen molar-refractivity contribution >= 4 is 33.2 Å².